The number of allylic oxidation sites excluding steroid dienone is 1. The lowest BCUT2D eigenvalue weighted by Gasteiger charge is -2.18. The molecule has 12 heavy (non-hydrogen) atoms. The van der Waals surface area contributed by atoms with E-state index in [2.05, 4.69) is 11.2 Å². The molecule has 0 aliphatic carbocycles. The van der Waals surface area contributed by atoms with Crippen LogP contribution in [-0.2, 0) is 4.79 Å². The van der Waals surface area contributed by atoms with Crippen molar-refractivity contribution in [2.75, 3.05) is 0 Å². The normalized spacial score (nSPS) is 9.92. The van der Waals surface area contributed by atoms with Crippen LogP contribution in [-0.4, -0.2) is 11.4 Å². The molecule has 0 atom stereocenters. The Morgan fingerprint density at radius 2 is 2.00 bits per heavy atom. The lowest BCUT2D eigenvalue weighted by Crippen LogP contribution is -2.41. The van der Waals surface area contributed by atoms with Gasteiger partial charge in [-0.2, -0.15) is 0 Å². The highest BCUT2D eigenvalue weighted by atomic mass is 16.1. The zero-order valence-electron chi connectivity index (χ0n) is 8.06. The first kappa shape index (κ1) is 10.8. The van der Waals surface area contributed by atoms with Gasteiger partial charge in [0.15, 0.2) is 0 Å². The second-order valence-corrected chi connectivity index (χ2v) is 3.48. The van der Waals surface area contributed by atoms with Crippen LogP contribution >= 0.6 is 0 Å². The first-order valence-electron chi connectivity index (χ1n) is 3.82. The summed E-state index contributed by atoms with van der Waals surface area (Å²) >= 11 is 0. The van der Waals surface area contributed by atoms with Crippen LogP contribution in [0.25, 0.3) is 0 Å². The Hall–Kier alpha value is -1.23. The molecule has 0 aromatic carbocycles. The van der Waals surface area contributed by atoms with Crippen LogP contribution in [0.2, 0.25) is 0 Å². The molecular formula is C10H15NO. The van der Waals surface area contributed by atoms with E-state index in [1.54, 1.807) is 13.8 Å². The highest BCUT2D eigenvalue weighted by Gasteiger charge is 2.14. The molecule has 0 aliphatic rings. The van der Waals surface area contributed by atoms with E-state index in [0.29, 0.717) is 0 Å². The number of nitrogens with one attached hydrogen (secondary N) is 1. The molecule has 0 saturated heterocycles. The first-order valence-corrected chi connectivity index (χ1v) is 3.82. The van der Waals surface area contributed by atoms with Crippen LogP contribution in [0.15, 0.2) is 11.6 Å². The largest absolute Gasteiger partial charge is 0.337 e. The lowest BCUT2D eigenvalue weighted by atomic mass is 10.1. The van der Waals surface area contributed by atoms with Crippen molar-refractivity contribution in [1.29, 1.82) is 0 Å². The SMILES string of the molecule is C#CC(C)(C)NC(=O)C=C(C)C. The second-order valence-electron chi connectivity index (χ2n) is 3.48. The zero-order valence-corrected chi connectivity index (χ0v) is 8.06. The van der Waals surface area contributed by atoms with E-state index in [9.17, 15) is 4.79 Å². The summed E-state index contributed by atoms with van der Waals surface area (Å²) in [5.74, 6) is 2.34. The van der Waals surface area contributed by atoms with Gasteiger partial charge in [0.25, 0.3) is 0 Å². The predicted octanol–water partition coefficient (Wildman–Crippen LogP) is 1.48. The Morgan fingerprint density at radius 1 is 1.50 bits per heavy atom. The van der Waals surface area contributed by atoms with Gasteiger partial charge in [-0.25, -0.2) is 0 Å². The highest BCUT2D eigenvalue weighted by Crippen LogP contribution is 1.99. The van der Waals surface area contributed by atoms with Crippen molar-refractivity contribution in [2.45, 2.75) is 33.2 Å². The average Bonchev–Trinajstić information content (AvgIpc) is 1.84. The van der Waals surface area contributed by atoms with Gasteiger partial charge in [0.05, 0.1) is 5.54 Å². The lowest BCUT2D eigenvalue weighted by molar-refractivity contribution is -0.117. The summed E-state index contributed by atoms with van der Waals surface area (Å²) in [5, 5.41) is 2.69. The van der Waals surface area contributed by atoms with Crippen molar-refractivity contribution in [2.24, 2.45) is 0 Å². The summed E-state index contributed by atoms with van der Waals surface area (Å²) in [7, 11) is 0. The summed E-state index contributed by atoms with van der Waals surface area (Å²) in [6.07, 6.45) is 6.73. The number of rotatable bonds is 2. The molecule has 0 bridgehead atoms. The van der Waals surface area contributed by atoms with Gasteiger partial charge in [-0.05, 0) is 27.7 Å². The Morgan fingerprint density at radius 3 is 2.33 bits per heavy atom. The van der Waals surface area contributed by atoms with E-state index in [0.717, 1.165) is 5.57 Å². The van der Waals surface area contributed by atoms with Crippen molar-refractivity contribution in [3.63, 3.8) is 0 Å². The minimum atomic E-state index is -0.566. The van der Waals surface area contributed by atoms with Gasteiger partial charge in [-0.1, -0.05) is 11.5 Å². The van der Waals surface area contributed by atoms with E-state index in [1.807, 2.05) is 13.8 Å². The van der Waals surface area contributed by atoms with E-state index in [1.165, 1.54) is 6.08 Å². The van der Waals surface area contributed by atoms with Crippen LogP contribution in [0.5, 0.6) is 0 Å². The topological polar surface area (TPSA) is 29.1 Å². The number of terminal acetylenes is 1. The number of carbonyl (C=O) groups excluding carboxylic acids is 1. The quantitative estimate of drug-likeness (QED) is 0.487. The fraction of sp³-hybridized carbons (Fsp3) is 0.500. The monoisotopic (exact) mass is 165 g/mol. The molecule has 0 heterocycles. The van der Waals surface area contributed by atoms with Gasteiger partial charge in [-0.15, -0.1) is 6.42 Å². The van der Waals surface area contributed by atoms with Crippen molar-refractivity contribution in [3.05, 3.63) is 11.6 Å². The van der Waals surface area contributed by atoms with Crippen molar-refractivity contribution in [1.82, 2.24) is 5.32 Å². The maximum atomic E-state index is 11.1. The number of amides is 1. The van der Waals surface area contributed by atoms with Crippen molar-refractivity contribution in [3.8, 4) is 12.3 Å². The molecule has 0 spiro atoms. The molecule has 66 valence electrons. The highest BCUT2D eigenvalue weighted by molar-refractivity contribution is 5.88. The Labute approximate surface area is 74.0 Å². The summed E-state index contributed by atoms with van der Waals surface area (Å²) in [6.45, 7) is 7.29. The minimum absolute atomic E-state index is 0.141. The molecule has 0 radical (unpaired) electrons. The third-order valence-corrected chi connectivity index (χ3v) is 1.22. The van der Waals surface area contributed by atoms with Crippen LogP contribution in [0.3, 0.4) is 0 Å². The Kier molecular flexibility index (Phi) is 3.56. The van der Waals surface area contributed by atoms with Gasteiger partial charge < -0.3 is 5.32 Å². The smallest absolute Gasteiger partial charge is 0.245 e. The maximum Gasteiger partial charge on any atom is 0.245 e. The maximum absolute atomic E-state index is 11.1. The number of carbonyl (C=O) groups is 1. The average molecular weight is 165 g/mol. The summed E-state index contributed by atoms with van der Waals surface area (Å²) in [4.78, 5) is 11.1. The molecule has 0 fully saturated rings. The summed E-state index contributed by atoms with van der Waals surface area (Å²) in [5.41, 5.74) is 0.392. The molecule has 0 aromatic rings. The van der Waals surface area contributed by atoms with Gasteiger partial charge in [-0.3, -0.25) is 4.79 Å². The van der Waals surface area contributed by atoms with Gasteiger partial charge >= 0.3 is 0 Å². The predicted molar refractivity (Wildman–Crippen MR) is 50.5 cm³/mol. The first-order chi connectivity index (χ1) is 5.37. The van der Waals surface area contributed by atoms with E-state index in [-0.39, 0.29) is 5.91 Å². The van der Waals surface area contributed by atoms with Crippen molar-refractivity contribution < 1.29 is 4.79 Å². The van der Waals surface area contributed by atoms with Gasteiger partial charge in [0, 0.05) is 6.08 Å². The van der Waals surface area contributed by atoms with Gasteiger partial charge in [0.1, 0.15) is 0 Å². The standard InChI is InChI=1S/C10H15NO/c1-6-10(4,5)11-9(12)7-8(2)3/h1,7H,2-5H3,(H,11,12). The summed E-state index contributed by atoms with van der Waals surface area (Å²) < 4.78 is 0. The fourth-order valence-electron chi connectivity index (χ4n) is 0.642. The molecule has 0 saturated carbocycles. The van der Waals surface area contributed by atoms with Crippen LogP contribution < -0.4 is 5.32 Å². The molecule has 0 rings (SSSR count). The van der Waals surface area contributed by atoms with E-state index < -0.39 is 5.54 Å². The Balaban J connectivity index is 4.23. The molecule has 0 aromatic heterocycles. The summed E-state index contributed by atoms with van der Waals surface area (Å²) in [6, 6.07) is 0. The molecule has 0 aliphatic heterocycles. The van der Waals surface area contributed by atoms with Crippen molar-refractivity contribution >= 4 is 5.91 Å². The van der Waals surface area contributed by atoms with Crippen LogP contribution in [0.1, 0.15) is 27.7 Å². The van der Waals surface area contributed by atoms with E-state index in [4.69, 9.17) is 6.42 Å². The zero-order chi connectivity index (χ0) is 9.78. The fourth-order valence-corrected chi connectivity index (χ4v) is 0.642. The van der Waals surface area contributed by atoms with Crippen LogP contribution in [0.4, 0.5) is 0 Å². The second kappa shape index (κ2) is 3.96. The Bertz CT molecular complexity index is 239. The number of hydrogen-bond donors (Lipinski definition) is 1. The number of hydrogen-bond acceptors (Lipinski definition) is 1. The van der Waals surface area contributed by atoms with E-state index >= 15 is 0 Å². The van der Waals surface area contributed by atoms with Gasteiger partial charge in [0.2, 0.25) is 5.91 Å². The molecule has 2 heteroatoms. The molecular weight excluding hydrogens is 150 g/mol. The third kappa shape index (κ3) is 4.56. The molecule has 2 nitrogen and oxygen atoms in total. The molecule has 1 N–H and O–H groups in total. The third-order valence-electron chi connectivity index (χ3n) is 1.22. The molecule has 1 amide bonds. The minimum Gasteiger partial charge on any atom is -0.337 e. The van der Waals surface area contributed by atoms with Crippen LogP contribution in [0, 0.1) is 12.3 Å². The molecule has 0 unspecified atom stereocenters.